The van der Waals surface area contributed by atoms with Crippen molar-refractivity contribution in [2.24, 2.45) is 10.4 Å². The predicted octanol–water partition coefficient (Wildman–Crippen LogP) is 3.09. The Morgan fingerprint density at radius 3 is 2.55 bits per heavy atom. The maximum Gasteiger partial charge on any atom is 0.191 e. The normalized spacial score (nSPS) is 13.6. The van der Waals surface area contributed by atoms with Crippen LogP contribution in [0.2, 0.25) is 0 Å². The van der Waals surface area contributed by atoms with Crippen molar-refractivity contribution in [3.8, 4) is 0 Å². The summed E-state index contributed by atoms with van der Waals surface area (Å²) in [7, 11) is 3.53. The number of guanidine groups is 1. The van der Waals surface area contributed by atoms with Crippen molar-refractivity contribution < 1.29 is 4.74 Å². The molecule has 1 rings (SSSR count). The summed E-state index contributed by atoms with van der Waals surface area (Å²) in [6.45, 7) is 8.04. The summed E-state index contributed by atoms with van der Waals surface area (Å²) >= 11 is 1.70. The standard InChI is InChI=1S/C14H25N3OS.HI/c1-14(2,3)12(18-5)9-17-13(15-4)16-8-11-6-7-19-10-11;/h6-7,10,12H,8-9H2,1-5H3,(H2,15,16,17);1H. The number of halogens is 1. The number of aliphatic imine (C=N–C) groups is 1. The third-order valence-corrected chi connectivity index (χ3v) is 3.70. The Balaban J connectivity index is 0.00000361. The van der Waals surface area contributed by atoms with Crippen LogP contribution < -0.4 is 10.6 Å². The molecule has 0 saturated heterocycles. The Morgan fingerprint density at radius 1 is 1.40 bits per heavy atom. The number of rotatable bonds is 5. The molecule has 1 unspecified atom stereocenters. The fourth-order valence-electron chi connectivity index (χ4n) is 1.73. The van der Waals surface area contributed by atoms with Crippen LogP contribution in [0.1, 0.15) is 26.3 Å². The largest absolute Gasteiger partial charge is 0.379 e. The van der Waals surface area contributed by atoms with Crippen molar-refractivity contribution in [2.75, 3.05) is 20.7 Å². The minimum Gasteiger partial charge on any atom is -0.379 e. The molecule has 0 aliphatic heterocycles. The second-order valence-corrected chi connectivity index (χ2v) is 6.31. The monoisotopic (exact) mass is 411 g/mol. The predicted molar refractivity (Wildman–Crippen MR) is 98.2 cm³/mol. The minimum atomic E-state index is 0. The Bertz CT molecular complexity index is 388. The fraction of sp³-hybridized carbons (Fsp3) is 0.643. The van der Waals surface area contributed by atoms with Gasteiger partial charge in [0.25, 0.3) is 0 Å². The Kier molecular flexibility index (Phi) is 9.41. The van der Waals surface area contributed by atoms with Gasteiger partial charge in [0.2, 0.25) is 0 Å². The van der Waals surface area contributed by atoms with Crippen LogP contribution in [0.4, 0.5) is 0 Å². The van der Waals surface area contributed by atoms with Gasteiger partial charge in [-0.2, -0.15) is 11.3 Å². The van der Waals surface area contributed by atoms with Gasteiger partial charge < -0.3 is 15.4 Å². The molecule has 0 amide bonds. The first-order chi connectivity index (χ1) is 8.97. The molecule has 20 heavy (non-hydrogen) atoms. The van der Waals surface area contributed by atoms with Gasteiger partial charge in [-0.1, -0.05) is 20.8 Å². The summed E-state index contributed by atoms with van der Waals surface area (Å²) in [5, 5.41) is 10.8. The van der Waals surface area contributed by atoms with E-state index in [2.05, 4.69) is 53.2 Å². The lowest BCUT2D eigenvalue weighted by molar-refractivity contribution is 0.0205. The van der Waals surface area contributed by atoms with E-state index in [1.54, 1.807) is 25.5 Å². The molecule has 116 valence electrons. The first-order valence-corrected chi connectivity index (χ1v) is 7.40. The maximum atomic E-state index is 5.52. The highest BCUT2D eigenvalue weighted by Crippen LogP contribution is 2.20. The lowest BCUT2D eigenvalue weighted by atomic mass is 9.89. The summed E-state index contributed by atoms with van der Waals surface area (Å²) in [6.07, 6.45) is 0.146. The van der Waals surface area contributed by atoms with E-state index in [-0.39, 0.29) is 35.5 Å². The van der Waals surface area contributed by atoms with Gasteiger partial charge in [-0.25, -0.2) is 0 Å². The van der Waals surface area contributed by atoms with E-state index in [1.807, 2.05) is 0 Å². The van der Waals surface area contributed by atoms with Crippen molar-refractivity contribution >= 4 is 41.3 Å². The number of ether oxygens (including phenoxy) is 1. The van der Waals surface area contributed by atoms with E-state index in [1.165, 1.54) is 5.56 Å². The van der Waals surface area contributed by atoms with Gasteiger partial charge in [0, 0.05) is 27.2 Å². The van der Waals surface area contributed by atoms with E-state index < -0.39 is 0 Å². The molecule has 1 heterocycles. The third-order valence-electron chi connectivity index (χ3n) is 2.97. The Hall–Kier alpha value is -0.340. The molecule has 0 bridgehead atoms. The van der Waals surface area contributed by atoms with Crippen LogP contribution in [0.3, 0.4) is 0 Å². The molecule has 0 aromatic carbocycles. The first kappa shape index (κ1) is 19.7. The zero-order valence-corrected chi connectivity index (χ0v) is 16.0. The lowest BCUT2D eigenvalue weighted by Gasteiger charge is -2.30. The van der Waals surface area contributed by atoms with Gasteiger partial charge in [-0.05, 0) is 27.8 Å². The fourth-order valence-corrected chi connectivity index (χ4v) is 2.40. The SMILES string of the molecule is CN=C(NCc1ccsc1)NCC(OC)C(C)(C)C.I. The summed E-state index contributed by atoms with van der Waals surface area (Å²) in [5.41, 5.74) is 1.38. The number of methoxy groups -OCH3 is 1. The average molecular weight is 411 g/mol. The smallest absolute Gasteiger partial charge is 0.191 e. The molecular formula is C14H26IN3OS. The number of hydrogen-bond acceptors (Lipinski definition) is 3. The highest BCUT2D eigenvalue weighted by atomic mass is 127. The minimum absolute atomic E-state index is 0. The topological polar surface area (TPSA) is 45.7 Å². The molecule has 1 aromatic rings. The highest BCUT2D eigenvalue weighted by molar-refractivity contribution is 14.0. The molecule has 0 aliphatic rings. The highest BCUT2D eigenvalue weighted by Gasteiger charge is 2.24. The number of nitrogens with zero attached hydrogens (tertiary/aromatic N) is 1. The zero-order valence-electron chi connectivity index (χ0n) is 12.9. The van der Waals surface area contributed by atoms with Crippen molar-refractivity contribution in [1.82, 2.24) is 10.6 Å². The molecule has 0 fully saturated rings. The summed E-state index contributed by atoms with van der Waals surface area (Å²) < 4.78 is 5.52. The van der Waals surface area contributed by atoms with Gasteiger partial charge in [0.1, 0.15) is 0 Å². The van der Waals surface area contributed by atoms with Crippen LogP contribution in [0.5, 0.6) is 0 Å². The van der Waals surface area contributed by atoms with E-state index in [4.69, 9.17) is 4.74 Å². The first-order valence-electron chi connectivity index (χ1n) is 6.45. The third kappa shape index (κ3) is 6.90. The molecule has 6 heteroatoms. The Morgan fingerprint density at radius 2 is 2.10 bits per heavy atom. The molecule has 0 aliphatic carbocycles. The quantitative estimate of drug-likeness (QED) is 0.445. The maximum absolute atomic E-state index is 5.52. The van der Waals surface area contributed by atoms with Crippen molar-refractivity contribution in [3.63, 3.8) is 0 Å². The number of nitrogens with one attached hydrogen (secondary N) is 2. The lowest BCUT2D eigenvalue weighted by Crippen LogP contribution is -2.45. The van der Waals surface area contributed by atoms with Crippen LogP contribution in [-0.2, 0) is 11.3 Å². The Labute approximate surface area is 143 Å². The van der Waals surface area contributed by atoms with Gasteiger partial charge in [-0.3, -0.25) is 4.99 Å². The van der Waals surface area contributed by atoms with E-state index >= 15 is 0 Å². The van der Waals surface area contributed by atoms with Crippen LogP contribution >= 0.6 is 35.3 Å². The summed E-state index contributed by atoms with van der Waals surface area (Å²) in [5.74, 6) is 0.803. The van der Waals surface area contributed by atoms with Gasteiger partial charge in [0.05, 0.1) is 6.10 Å². The molecule has 0 saturated carbocycles. The molecule has 2 N–H and O–H groups in total. The van der Waals surface area contributed by atoms with Crippen LogP contribution in [-0.4, -0.2) is 32.8 Å². The van der Waals surface area contributed by atoms with E-state index in [0.29, 0.717) is 0 Å². The second kappa shape index (κ2) is 9.57. The van der Waals surface area contributed by atoms with Gasteiger partial charge in [0.15, 0.2) is 5.96 Å². The second-order valence-electron chi connectivity index (χ2n) is 5.53. The van der Waals surface area contributed by atoms with Gasteiger partial charge >= 0.3 is 0 Å². The van der Waals surface area contributed by atoms with Crippen LogP contribution in [0, 0.1) is 5.41 Å². The van der Waals surface area contributed by atoms with Crippen molar-refractivity contribution in [2.45, 2.75) is 33.4 Å². The van der Waals surface area contributed by atoms with Gasteiger partial charge in [-0.15, -0.1) is 24.0 Å². The average Bonchev–Trinajstić information content (AvgIpc) is 2.85. The summed E-state index contributed by atoms with van der Waals surface area (Å²) in [6, 6.07) is 2.11. The molecule has 1 aromatic heterocycles. The van der Waals surface area contributed by atoms with Crippen molar-refractivity contribution in [1.29, 1.82) is 0 Å². The van der Waals surface area contributed by atoms with E-state index in [0.717, 1.165) is 19.0 Å². The van der Waals surface area contributed by atoms with Crippen LogP contribution in [0.25, 0.3) is 0 Å². The summed E-state index contributed by atoms with van der Waals surface area (Å²) in [4.78, 5) is 4.22. The molecule has 0 radical (unpaired) electrons. The van der Waals surface area contributed by atoms with Crippen molar-refractivity contribution in [3.05, 3.63) is 22.4 Å². The van der Waals surface area contributed by atoms with Crippen LogP contribution in [0.15, 0.2) is 21.8 Å². The van der Waals surface area contributed by atoms with E-state index in [9.17, 15) is 0 Å². The molecule has 0 spiro atoms. The number of thiophene rings is 1. The zero-order chi connectivity index (χ0) is 14.3. The molecular weight excluding hydrogens is 385 g/mol. The molecule has 1 atom stereocenters. The number of hydrogen-bond donors (Lipinski definition) is 2. The molecule has 4 nitrogen and oxygen atoms in total.